The maximum absolute atomic E-state index is 13.4. The molecule has 0 radical (unpaired) electrons. The van der Waals surface area contributed by atoms with E-state index in [1.54, 1.807) is 36.4 Å². The first-order valence-electron chi connectivity index (χ1n) is 8.09. The molecular weight excluding hydrogens is 333 g/mol. The van der Waals surface area contributed by atoms with Crippen molar-refractivity contribution in [3.05, 3.63) is 59.4 Å². The van der Waals surface area contributed by atoms with Crippen LogP contribution in [0.4, 0.5) is 4.39 Å². The van der Waals surface area contributed by atoms with Crippen LogP contribution in [0.3, 0.4) is 0 Å². The fourth-order valence-corrected chi connectivity index (χ4v) is 2.33. The van der Waals surface area contributed by atoms with E-state index in [1.165, 1.54) is 12.1 Å². The topological polar surface area (TPSA) is 82.0 Å². The molecule has 2 amide bonds. The van der Waals surface area contributed by atoms with E-state index < -0.39 is 5.82 Å². The quantitative estimate of drug-likeness (QED) is 0.886. The van der Waals surface area contributed by atoms with Crippen LogP contribution in [0.15, 0.2) is 42.5 Å². The fourth-order valence-electron chi connectivity index (χ4n) is 2.33. The molecule has 0 unspecified atom stereocenters. The lowest BCUT2D eigenvalue weighted by atomic mass is 10.0. The van der Waals surface area contributed by atoms with E-state index in [2.05, 4.69) is 10.6 Å². The molecule has 0 fully saturated rings. The second kappa shape index (κ2) is 7.79. The van der Waals surface area contributed by atoms with Crippen LogP contribution >= 0.6 is 0 Å². The standard InChI is InChI=1S/C20H20FN3O2/c1-20(2,3)24-18(25)12-23-19(26)14-6-4-13(5-7-14)15-8-9-17(21)16(10-15)11-22/h4-10H,12H2,1-3H3,(H,23,26)(H,24,25). The maximum Gasteiger partial charge on any atom is 0.251 e. The van der Waals surface area contributed by atoms with E-state index in [9.17, 15) is 14.0 Å². The molecular formula is C20H20FN3O2. The molecule has 0 saturated carbocycles. The van der Waals surface area contributed by atoms with Gasteiger partial charge in [-0.05, 0) is 56.2 Å². The van der Waals surface area contributed by atoms with Crippen LogP contribution < -0.4 is 10.6 Å². The number of nitriles is 1. The molecule has 0 bridgehead atoms. The predicted molar refractivity (Wildman–Crippen MR) is 96.8 cm³/mol. The van der Waals surface area contributed by atoms with Gasteiger partial charge < -0.3 is 10.6 Å². The molecule has 0 aliphatic heterocycles. The molecule has 2 rings (SSSR count). The zero-order valence-electron chi connectivity index (χ0n) is 14.9. The van der Waals surface area contributed by atoms with Crippen molar-refractivity contribution < 1.29 is 14.0 Å². The highest BCUT2D eigenvalue weighted by molar-refractivity contribution is 5.96. The lowest BCUT2D eigenvalue weighted by Gasteiger charge is -2.20. The molecule has 0 saturated heterocycles. The van der Waals surface area contributed by atoms with Crippen molar-refractivity contribution in [2.75, 3.05) is 6.54 Å². The Morgan fingerprint density at radius 2 is 1.69 bits per heavy atom. The Morgan fingerprint density at radius 1 is 1.08 bits per heavy atom. The molecule has 2 N–H and O–H groups in total. The summed E-state index contributed by atoms with van der Waals surface area (Å²) < 4.78 is 13.4. The SMILES string of the molecule is CC(C)(C)NC(=O)CNC(=O)c1ccc(-c2ccc(F)c(C#N)c2)cc1. The second-order valence-electron chi connectivity index (χ2n) is 6.86. The van der Waals surface area contributed by atoms with Crippen LogP contribution in [0, 0.1) is 17.1 Å². The Kier molecular flexibility index (Phi) is 5.73. The van der Waals surface area contributed by atoms with Gasteiger partial charge in [-0.2, -0.15) is 5.26 Å². The lowest BCUT2D eigenvalue weighted by Crippen LogP contribution is -2.45. The molecule has 2 aromatic rings. The number of rotatable bonds is 4. The van der Waals surface area contributed by atoms with Crippen LogP contribution in [0.5, 0.6) is 0 Å². The minimum Gasteiger partial charge on any atom is -0.350 e. The fraction of sp³-hybridized carbons (Fsp3) is 0.250. The third kappa shape index (κ3) is 5.15. The second-order valence-corrected chi connectivity index (χ2v) is 6.86. The molecule has 0 atom stereocenters. The summed E-state index contributed by atoms with van der Waals surface area (Å²) >= 11 is 0. The average molecular weight is 353 g/mol. The number of hydrogen-bond donors (Lipinski definition) is 2. The molecule has 6 heteroatoms. The van der Waals surface area contributed by atoms with Crippen molar-refractivity contribution >= 4 is 11.8 Å². The molecule has 0 aromatic heterocycles. The molecule has 26 heavy (non-hydrogen) atoms. The van der Waals surface area contributed by atoms with Gasteiger partial charge in [-0.25, -0.2) is 4.39 Å². The minimum absolute atomic E-state index is 0.0332. The van der Waals surface area contributed by atoms with Crippen molar-refractivity contribution in [1.29, 1.82) is 5.26 Å². The van der Waals surface area contributed by atoms with Gasteiger partial charge in [0.1, 0.15) is 11.9 Å². The summed E-state index contributed by atoms with van der Waals surface area (Å²) in [5.41, 5.74) is 1.44. The third-order valence-corrected chi connectivity index (χ3v) is 3.49. The van der Waals surface area contributed by atoms with E-state index in [1.807, 2.05) is 20.8 Å². The van der Waals surface area contributed by atoms with E-state index in [0.29, 0.717) is 11.1 Å². The molecule has 0 spiro atoms. The number of amides is 2. The summed E-state index contributed by atoms with van der Waals surface area (Å²) in [5.74, 6) is -1.20. The Balaban J connectivity index is 2.04. The first-order chi connectivity index (χ1) is 12.2. The highest BCUT2D eigenvalue weighted by Crippen LogP contribution is 2.22. The van der Waals surface area contributed by atoms with Crippen LogP contribution in [-0.4, -0.2) is 23.9 Å². The number of carbonyl (C=O) groups excluding carboxylic acids is 2. The first kappa shape index (κ1) is 19.1. The highest BCUT2D eigenvalue weighted by atomic mass is 19.1. The third-order valence-electron chi connectivity index (χ3n) is 3.49. The number of halogens is 1. The molecule has 2 aromatic carbocycles. The summed E-state index contributed by atoms with van der Waals surface area (Å²) in [7, 11) is 0. The number of hydrogen-bond acceptors (Lipinski definition) is 3. The van der Waals surface area contributed by atoms with Gasteiger partial charge in [-0.1, -0.05) is 18.2 Å². The number of nitrogens with one attached hydrogen (secondary N) is 2. The zero-order chi connectivity index (χ0) is 19.3. The van der Waals surface area contributed by atoms with Gasteiger partial charge in [-0.3, -0.25) is 9.59 Å². The summed E-state index contributed by atoms with van der Waals surface area (Å²) in [6.07, 6.45) is 0. The van der Waals surface area contributed by atoms with Gasteiger partial charge in [-0.15, -0.1) is 0 Å². The normalized spacial score (nSPS) is 10.7. The monoisotopic (exact) mass is 353 g/mol. The van der Waals surface area contributed by atoms with Gasteiger partial charge in [0.15, 0.2) is 0 Å². The summed E-state index contributed by atoms with van der Waals surface area (Å²) in [5, 5.41) is 14.2. The van der Waals surface area contributed by atoms with Crippen molar-refractivity contribution in [3.8, 4) is 17.2 Å². The van der Waals surface area contributed by atoms with Crippen molar-refractivity contribution in [1.82, 2.24) is 10.6 Å². The van der Waals surface area contributed by atoms with Gasteiger partial charge >= 0.3 is 0 Å². The summed E-state index contributed by atoms with van der Waals surface area (Å²) in [6, 6.07) is 12.7. The highest BCUT2D eigenvalue weighted by Gasteiger charge is 2.15. The number of nitrogens with zero attached hydrogens (tertiary/aromatic N) is 1. The Morgan fingerprint density at radius 3 is 2.27 bits per heavy atom. The van der Waals surface area contributed by atoms with E-state index >= 15 is 0 Å². The van der Waals surface area contributed by atoms with Crippen molar-refractivity contribution in [2.24, 2.45) is 0 Å². The summed E-state index contributed by atoms with van der Waals surface area (Å²) in [4.78, 5) is 23.9. The summed E-state index contributed by atoms with van der Waals surface area (Å²) in [6.45, 7) is 5.47. The van der Waals surface area contributed by atoms with Gasteiger partial charge in [0, 0.05) is 11.1 Å². The molecule has 0 aliphatic carbocycles. The predicted octanol–water partition coefficient (Wildman–Crippen LogP) is 3.01. The largest absolute Gasteiger partial charge is 0.350 e. The molecule has 134 valence electrons. The van der Waals surface area contributed by atoms with Gasteiger partial charge in [0.05, 0.1) is 12.1 Å². The van der Waals surface area contributed by atoms with Gasteiger partial charge in [0.25, 0.3) is 5.91 Å². The first-order valence-corrected chi connectivity index (χ1v) is 8.09. The minimum atomic E-state index is -0.569. The van der Waals surface area contributed by atoms with Crippen LogP contribution in [0.25, 0.3) is 11.1 Å². The molecule has 0 heterocycles. The van der Waals surface area contributed by atoms with Crippen LogP contribution in [-0.2, 0) is 4.79 Å². The maximum atomic E-state index is 13.4. The Hall–Kier alpha value is -3.20. The van der Waals surface area contributed by atoms with Crippen molar-refractivity contribution in [3.63, 3.8) is 0 Å². The smallest absolute Gasteiger partial charge is 0.251 e. The van der Waals surface area contributed by atoms with Crippen LogP contribution in [0.2, 0.25) is 0 Å². The van der Waals surface area contributed by atoms with Crippen molar-refractivity contribution in [2.45, 2.75) is 26.3 Å². The van der Waals surface area contributed by atoms with E-state index in [-0.39, 0.29) is 29.5 Å². The molecule has 5 nitrogen and oxygen atoms in total. The number of benzene rings is 2. The van der Waals surface area contributed by atoms with Crippen LogP contribution in [0.1, 0.15) is 36.7 Å². The van der Waals surface area contributed by atoms with Gasteiger partial charge in [0.2, 0.25) is 5.91 Å². The molecule has 0 aliphatic rings. The lowest BCUT2D eigenvalue weighted by molar-refractivity contribution is -0.121. The Bertz CT molecular complexity index is 862. The number of carbonyl (C=O) groups is 2. The van der Waals surface area contributed by atoms with E-state index in [4.69, 9.17) is 5.26 Å². The average Bonchev–Trinajstić information content (AvgIpc) is 2.59. The van der Waals surface area contributed by atoms with E-state index in [0.717, 1.165) is 5.56 Å². The Labute approximate surface area is 151 Å². The zero-order valence-corrected chi connectivity index (χ0v) is 14.9.